The first-order valence-electron chi connectivity index (χ1n) is 8.04. The van der Waals surface area contributed by atoms with E-state index < -0.39 is 12.3 Å². The van der Waals surface area contributed by atoms with Gasteiger partial charge in [0.15, 0.2) is 0 Å². The number of carbonyl (C=O) groups is 2. The molecule has 0 aliphatic carbocycles. The standard InChI is InChI=1S/C18H18F3N3O3/c1-11(2)16(25)24-15-9-13(6-7-22-15)17(26)23-10-12-4-3-5-14(8-12)27-18(19,20)21/h3-9,11H,10H2,1-2H3,(H,23,26)(H,22,24,25). The van der Waals surface area contributed by atoms with Gasteiger partial charge in [-0.25, -0.2) is 4.98 Å². The normalized spacial score (nSPS) is 11.2. The predicted octanol–water partition coefficient (Wildman–Crippen LogP) is 3.50. The Kier molecular flexibility index (Phi) is 6.38. The van der Waals surface area contributed by atoms with E-state index in [1.165, 1.54) is 36.5 Å². The lowest BCUT2D eigenvalue weighted by atomic mass is 10.2. The molecule has 2 rings (SSSR count). The van der Waals surface area contributed by atoms with Crippen molar-refractivity contribution in [3.8, 4) is 5.75 Å². The summed E-state index contributed by atoms with van der Waals surface area (Å²) in [6.45, 7) is 3.45. The monoisotopic (exact) mass is 381 g/mol. The van der Waals surface area contributed by atoms with Crippen LogP contribution in [0, 0.1) is 5.92 Å². The third-order valence-corrected chi connectivity index (χ3v) is 3.38. The molecule has 0 bridgehead atoms. The van der Waals surface area contributed by atoms with Crippen LogP contribution in [0.4, 0.5) is 19.0 Å². The van der Waals surface area contributed by atoms with Gasteiger partial charge >= 0.3 is 6.36 Å². The van der Waals surface area contributed by atoms with Crippen LogP contribution < -0.4 is 15.4 Å². The zero-order valence-electron chi connectivity index (χ0n) is 14.6. The molecule has 2 N–H and O–H groups in total. The Hall–Kier alpha value is -3.10. The van der Waals surface area contributed by atoms with E-state index in [4.69, 9.17) is 0 Å². The lowest BCUT2D eigenvalue weighted by Gasteiger charge is -2.11. The second-order valence-corrected chi connectivity index (χ2v) is 5.95. The number of pyridine rings is 1. The predicted molar refractivity (Wildman–Crippen MR) is 92.0 cm³/mol. The number of benzene rings is 1. The lowest BCUT2D eigenvalue weighted by molar-refractivity contribution is -0.274. The first kappa shape index (κ1) is 20.2. The minimum Gasteiger partial charge on any atom is -0.406 e. The molecule has 9 heteroatoms. The maximum absolute atomic E-state index is 12.3. The number of anilines is 1. The average Bonchev–Trinajstić information content (AvgIpc) is 2.58. The Labute approximate surface area is 153 Å². The number of ether oxygens (including phenoxy) is 1. The van der Waals surface area contributed by atoms with E-state index in [9.17, 15) is 22.8 Å². The number of carbonyl (C=O) groups excluding carboxylic acids is 2. The third kappa shape index (κ3) is 6.61. The largest absolute Gasteiger partial charge is 0.573 e. The topological polar surface area (TPSA) is 80.3 Å². The summed E-state index contributed by atoms with van der Waals surface area (Å²) in [5, 5.41) is 5.18. The highest BCUT2D eigenvalue weighted by Gasteiger charge is 2.31. The fourth-order valence-corrected chi connectivity index (χ4v) is 2.05. The molecule has 0 unspecified atom stereocenters. The van der Waals surface area contributed by atoms with E-state index in [2.05, 4.69) is 20.4 Å². The van der Waals surface area contributed by atoms with Crippen molar-refractivity contribution in [2.24, 2.45) is 5.92 Å². The number of hydrogen-bond donors (Lipinski definition) is 2. The van der Waals surface area contributed by atoms with Gasteiger partial charge in [-0.3, -0.25) is 9.59 Å². The van der Waals surface area contributed by atoms with Crippen molar-refractivity contribution in [3.63, 3.8) is 0 Å². The highest BCUT2D eigenvalue weighted by molar-refractivity contribution is 5.96. The molecule has 0 atom stereocenters. The van der Waals surface area contributed by atoms with Crippen LogP contribution in [-0.4, -0.2) is 23.2 Å². The summed E-state index contributed by atoms with van der Waals surface area (Å²) in [5.41, 5.74) is 0.694. The van der Waals surface area contributed by atoms with Gasteiger partial charge < -0.3 is 15.4 Å². The Morgan fingerprint density at radius 3 is 2.59 bits per heavy atom. The van der Waals surface area contributed by atoms with Crippen molar-refractivity contribution in [1.29, 1.82) is 0 Å². The highest BCUT2D eigenvalue weighted by atomic mass is 19.4. The minimum atomic E-state index is -4.78. The molecule has 2 amide bonds. The van der Waals surface area contributed by atoms with Gasteiger partial charge in [0.2, 0.25) is 5.91 Å². The number of alkyl halides is 3. The van der Waals surface area contributed by atoms with Crippen LogP contribution in [0.25, 0.3) is 0 Å². The Morgan fingerprint density at radius 1 is 1.19 bits per heavy atom. The van der Waals surface area contributed by atoms with Gasteiger partial charge in [-0.05, 0) is 29.8 Å². The summed E-state index contributed by atoms with van der Waals surface area (Å²) < 4.78 is 40.6. The molecule has 1 aromatic heterocycles. The van der Waals surface area contributed by atoms with Crippen molar-refractivity contribution in [2.75, 3.05) is 5.32 Å². The van der Waals surface area contributed by atoms with Gasteiger partial charge in [0.05, 0.1) is 0 Å². The molecule has 0 aliphatic heterocycles. The Morgan fingerprint density at radius 2 is 1.93 bits per heavy atom. The first-order chi connectivity index (χ1) is 12.6. The van der Waals surface area contributed by atoms with Crippen molar-refractivity contribution in [2.45, 2.75) is 26.8 Å². The van der Waals surface area contributed by atoms with E-state index in [1.807, 2.05) is 0 Å². The molecule has 144 valence electrons. The molecule has 0 spiro atoms. The molecule has 0 radical (unpaired) electrons. The lowest BCUT2D eigenvalue weighted by Crippen LogP contribution is -2.24. The summed E-state index contributed by atoms with van der Waals surface area (Å²) in [5.74, 6) is -1.06. The minimum absolute atomic E-state index is 0.00387. The summed E-state index contributed by atoms with van der Waals surface area (Å²) in [7, 11) is 0. The number of nitrogens with one attached hydrogen (secondary N) is 2. The zero-order chi connectivity index (χ0) is 20.0. The molecule has 1 aromatic carbocycles. The van der Waals surface area contributed by atoms with Crippen molar-refractivity contribution < 1.29 is 27.5 Å². The van der Waals surface area contributed by atoms with E-state index in [1.54, 1.807) is 19.9 Å². The second-order valence-electron chi connectivity index (χ2n) is 5.95. The molecule has 6 nitrogen and oxygen atoms in total. The van der Waals surface area contributed by atoms with Gasteiger partial charge in [-0.1, -0.05) is 26.0 Å². The van der Waals surface area contributed by atoms with E-state index in [0.29, 0.717) is 5.56 Å². The van der Waals surface area contributed by atoms with E-state index in [-0.39, 0.29) is 35.5 Å². The van der Waals surface area contributed by atoms with Gasteiger partial charge in [-0.15, -0.1) is 13.2 Å². The summed E-state index contributed by atoms with van der Waals surface area (Å²) in [6.07, 6.45) is -3.40. The number of aromatic nitrogens is 1. The maximum Gasteiger partial charge on any atom is 0.573 e. The Bertz CT molecular complexity index is 823. The fraction of sp³-hybridized carbons (Fsp3) is 0.278. The quantitative estimate of drug-likeness (QED) is 0.803. The van der Waals surface area contributed by atoms with Crippen LogP contribution in [0.3, 0.4) is 0 Å². The number of halogens is 3. The zero-order valence-corrected chi connectivity index (χ0v) is 14.6. The molecule has 0 aliphatic rings. The molecular weight excluding hydrogens is 363 g/mol. The van der Waals surface area contributed by atoms with Gasteiger partial charge in [0.25, 0.3) is 5.91 Å². The van der Waals surface area contributed by atoms with Crippen LogP contribution in [0.15, 0.2) is 42.6 Å². The van der Waals surface area contributed by atoms with Crippen molar-refractivity contribution >= 4 is 17.6 Å². The summed E-state index contributed by atoms with van der Waals surface area (Å²) in [4.78, 5) is 27.9. The SMILES string of the molecule is CC(C)C(=O)Nc1cc(C(=O)NCc2cccc(OC(F)(F)F)c2)ccn1. The van der Waals surface area contributed by atoms with Crippen molar-refractivity contribution in [1.82, 2.24) is 10.3 Å². The highest BCUT2D eigenvalue weighted by Crippen LogP contribution is 2.23. The summed E-state index contributed by atoms with van der Waals surface area (Å²) >= 11 is 0. The molecule has 0 saturated carbocycles. The van der Waals surface area contributed by atoms with Crippen molar-refractivity contribution in [3.05, 3.63) is 53.7 Å². The van der Waals surface area contributed by atoms with Gasteiger partial charge in [0, 0.05) is 24.2 Å². The van der Waals surface area contributed by atoms with Gasteiger partial charge in [0.1, 0.15) is 11.6 Å². The molecule has 27 heavy (non-hydrogen) atoms. The fourth-order valence-electron chi connectivity index (χ4n) is 2.05. The van der Waals surface area contributed by atoms with Crippen LogP contribution in [0.1, 0.15) is 29.8 Å². The number of hydrogen-bond acceptors (Lipinski definition) is 4. The smallest absolute Gasteiger partial charge is 0.406 e. The molecule has 0 fully saturated rings. The number of amides is 2. The van der Waals surface area contributed by atoms with E-state index in [0.717, 1.165) is 0 Å². The Balaban J connectivity index is 2.00. The van der Waals surface area contributed by atoms with Crippen LogP contribution >= 0.6 is 0 Å². The molecule has 1 heterocycles. The molecule has 0 saturated heterocycles. The van der Waals surface area contributed by atoms with E-state index >= 15 is 0 Å². The number of nitrogens with zero attached hydrogens (tertiary/aromatic N) is 1. The third-order valence-electron chi connectivity index (χ3n) is 3.38. The average molecular weight is 381 g/mol. The maximum atomic E-state index is 12.3. The molecular formula is C18H18F3N3O3. The molecule has 2 aromatic rings. The van der Waals surface area contributed by atoms with Gasteiger partial charge in [-0.2, -0.15) is 0 Å². The first-order valence-corrected chi connectivity index (χ1v) is 8.04. The second kappa shape index (κ2) is 8.52. The van der Waals surface area contributed by atoms with Crippen LogP contribution in [-0.2, 0) is 11.3 Å². The van der Waals surface area contributed by atoms with Crippen LogP contribution in [0.2, 0.25) is 0 Å². The summed E-state index contributed by atoms with van der Waals surface area (Å²) in [6, 6.07) is 8.20. The van der Waals surface area contributed by atoms with Crippen LogP contribution in [0.5, 0.6) is 5.75 Å². The number of rotatable bonds is 6.